The maximum Gasteiger partial charge on any atom is 0.0612 e. The highest BCUT2D eigenvalue weighted by Crippen LogP contribution is 2.27. The Balaban J connectivity index is 1.60. The van der Waals surface area contributed by atoms with E-state index in [0.717, 1.165) is 25.3 Å². The second-order valence-electron chi connectivity index (χ2n) is 5.27. The maximum atomic E-state index is 6.03. The summed E-state index contributed by atoms with van der Waals surface area (Å²) in [6.45, 7) is 2.99. The minimum Gasteiger partial charge on any atom is -0.383 e. The molecule has 1 aliphatic heterocycles. The Kier molecular flexibility index (Phi) is 4.57. The third-order valence-corrected chi connectivity index (χ3v) is 4.58. The molecule has 0 amide bonds. The van der Waals surface area contributed by atoms with Crippen molar-refractivity contribution in [3.63, 3.8) is 0 Å². The smallest absolute Gasteiger partial charge is 0.0612 e. The van der Waals surface area contributed by atoms with Gasteiger partial charge in [-0.25, -0.2) is 0 Å². The first-order chi connectivity index (χ1) is 10.2. The van der Waals surface area contributed by atoms with Crippen LogP contribution in [0.2, 0.25) is 10.0 Å². The zero-order valence-electron chi connectivity index (χ0n) is 11.8. The van der Waals surface area contributed by atoms with Crippen molar-refractivity contribution in [1.82, 2.24) is 0 Å². The Labute approximate surface area is 135 Å². The molecule has 0 unspecified atom stereocenters. The fraction of sp³-hybridized carbons (Fsp3) is 0.294. The van der Waals surface area contributed by atoms with E-state index in [9.17, 15) is 0 Å². The highest BCUT2D eigenvalue weighted by atomic mass is 35.5. The largest absolute Gasteiger partial charge is 0.383 e. The van der Waals surface area contributed by atoms with Gasteiger partial charge in [0.15, 0.2) is 0 Å². The van der Waals surface area contributed by atoms with Crippen LogP contribution in [0.15, 0.2) is 42.5 Å². The van der Waals surface area contributed by atoms with Crippen molar-refractivity contribution >= 4 is 34.6 Å². The summed E-state index contributed by atoms with van der Waals surface area (Å²) in [6, 6.07) is 14.3. The molecular formula is C17H18Cl2N2. The van der Waals surface area contributed by atoms with Crippen LogP contribution in [0.3, 0.4) is 0 Å². The van der Waals surface area contributed by atoms with Crippen LogP contribution in [0.1, 0.15) is 12.0 Å². The van der Waals surface area contributed by atoms with Gasteiger partial charge in [0.2, 0.25) is 0 Å². The van der Waals surface area contributed by atoms with E-state index in [4.69, 9.17) is 23.2 Å². The molecule has 0 aromatic heterocycles. The number of nitrogens with zero attached hydrogens (tertiary/aromatic N) is 1. The second kappa shape index (κ2) is 6.59. The predicted octanol–water partition coefficient (Wildman–Crippen LogP) is 4.86. The molecule has 1 N–H and O–H groups in total. The summed E-state index contributed by atoms with van der Waals surface area (Å²) >= 11 is 12.0. The summed E-state index contributed by atoms with van der Waals surface area (Å²) in [5.41, 5.74) is 3.84. The van der Waals surface area contributed by atoms with E-state index >= 15 is 0 Å². The molecule has 3 rings (SSSR count). The van der Waals surface area contributed by atoms with Crippen molar-refractivity contribution < 1.29 is 0 Å². The van der Waals surface area contributed by atoms with Crippen LogP contribution < -0.4 is 10.2 Å². The van der Waals surface area contributed by atoms with Crippen LogP contribution in [0.25, 0.3) is 0 Å². The van der Waals surface area contributed by atoms with Gasteiger partial charge in [0.05, 0.1) is 10.0 Å². The molecule has 2 nitrogen and oxygen atoms in total. The lowest BCUT2D eigenvalue weighted by Gasteiger charge is -2.31. The molecule has 4 heteroatoms. The molecule has 0 radical (unpaired) electrons. The van der Waals surface area contributed by atoms with E-state index in [1.165, 1.54) is 24.1 Å². The van der Waals surface area contributed by atoms with Gasteiger partial charge in [-0.3, -0.25) is 0 Å². The number of hydrogen-bond acceptors (Lipinski definition) is 2. The molecule has 0 bridgehead atoms. The van der Waals surface area contributed by atoms with E-state index in [1.807, 2.05) is 18.2 Å². The quantitative estimate of drug-likeness (QED) is 0.865. The van der Waals surface area contributed by atoms with Gasteiger partial charge in [0, 0.05) is 31.0 Å². The normalized spacial score (nSPS) is 13.9. The number of rotatable bonds is 4. The van der Waals surface area contributed by atoms with Gasteiger partial charge in [-0.15, -0.1) is 0 Å². The van der Waals surface area contributed by atoms with Crippen molar-refractivity contribution in [3.05, 3.63) is 58.1 Å². The molecule has 1 aliphatic rings. The van der Waals surface area contributed by atoms with E-state index in [1.54, 1.807) is 0 Å². The SMILES string of the molecule is Clc1ccc(NCCN2CCCc3ccccc32)cc1Cl. The van der Waals surface area contributed by atoms with Crippen LogP contribution in [-0.4, -0.2) is 19.6 Å². The van der Waals surface area contributed by atoms with E-state index in [2.05, 4.69) is 34.5 Å². The van der Waals surface area contributed by atoms with Gasteiger partial charge in [0.25, 0.3) is 0 Å². The summed E-state index contributed by atoms with van der Waals surface area (Å²) in [7, 11) is 0. The van der Waals surface area contributed by atoms with Crippen LogP contribution in [0.4, 0.5) is 11.4 Å². The van der Waals surface area contributed by atoms with Crippen molar-refractivity contribution in [2.24, 2.45) is 0 Å². The van der Waals surface area contributed by atoms with Crippen molar-refractivity contribution in [2.75, 3.05) is 29.9 Å². The fourth-order valence-electron chi connectivity index (χ4n) is 2.79. The summed E-state index contributed by atoms with van der Waals surface area (Å²) in [6.07, 6.45) is 2.41. The molecule has 0 saturated carbocycles. The second-order valence-corrected chi connectivity index (χ2v) is 6.09. The summed E-state index contributed by atoms with van der Waals surface area (Å²) in [4.78, 5) is 2.45. The molecule has 1 heterocycles. The Morgan fingerprint density at radius 1 is 1.05 bits per heavy atom. The molecule has 21 heavy (non-hydrogen) atoms. The topological polar surface area (TPSA) is 15.3 Å². The van der Waals surface area contributed by atoms with Gasteiger partial charge < -0.3 is 10.2 Å². The molecule has 0 spiro atoms. The van der Waals surface area contributed by atoms with Crippen molar-refractivity contribution in [2.45, 2.75) is 12.8 Å². The first-order valence-corrected chi connectivity index (χ1v) is 8.01. The third-order valence-electron chi connectivity index (χ3n) is 3.84. The number of nitrogens with one attached hydrogen (secondary N) is 1. The zero-order chi connectivity index (χ0) is 14.7. The van der Waals surface area contributed by atoms with Crippen LogP contribution in [-0.2, 0) is 6.42 Å². The standard InChI is InChI=1S/C17H18Cl2N2/c18-15-8-7-14(12-16(15)19)20-9-11-21-10-3-5-13-4-1-2-6-17(13)21/h1-2,4,6-8,12,20H,3,5,9-11H2. The highest BCUT2D eigenvalue weighted by Gasteiger charge is 2.15. The number of hydrogen-bond donors (Lipinski definition) is 1. The predicted molar refractivity (Wildman–Crippen MR) is 91.9 cm³/mol. The van der Waals surface area contributed by atoms with E-state index in [0.29, 0.717) is 10.0 Å². The van der Waals surface area contributed by atoms with E-state index < -0.39 is 0 Å². The Morgan fingerprint density at radius 2 is 1.90 bits per heavy atom. The lowest BCUT2D eigenvalue weighted by molar-refractivity contribution is 0.698. The molecule has 0 atom stereocenters. The molecule has 2 aromatic carbocycles. The molecular weight excluding hydrogens is 303 g/mol. The van der Waals surface area contributed by atoms with Crippen molar-refractivity contribution in [3.8, 4) is 0 Å². The molecule has 110 valence electrons. The average molecular weight is 321 g/mol. The third kappa shape index (κ3) is 3.45. The van der Waals surface area contributed by atoms with Crippen LogP contribution >= 0.6 is 23.2 Å². The van der Waals surface area contributed by atoms with Gasteiger partial charge in [-0.1, -0.05) is 41.4 Å². The van der Waals surface area contributed by atoms with Gasteiger partial charge in [-0.2, -0.15) is 0 Å². The maximum absolute atomic E-state index is 6.03. The summed E-state index contributed by atoms with van der Waals surface area (Å²) < 4.78 is 0. The van der Waals surface area contributed by atoms with Gasteiger partial charge in [0.1, 0.15) is 0 Å². The first-order valence-electron chi connectivity index (χ1n) is 7.26. The molecule has 0 aliphatic carbocycles. The molecule has 2 aromatic rings. The lowest BCUT2D eigenvalue weighted by atomic mass is 10.0. The first kappa shape index (κ1) is 14.6. The summed E-state index contributed by atoms with van der Waals surface area (Å²) in [5.74, 6) is 0. The Morgan fingerprint density at radius 3 is 2.76 bits per heavy atom. The number of para-hydroxylation sites is 1. The average Bonchev–Trinajstić information content (AvgIpc) is 2.51. The monoisotopic (exact) mass is 320 g/mol. The number of aryl methyl sites for hydroxylation is 1. The molecule has 0 fully saturated rings. The van der Waals surface area contributed by atoms with Crippen molar-refractivity contribution in [1.29, 1.82) is 0 Å². The van der Waals surface area contributed by atoms with Crippen LogP contribution in [0.5, 0.6) is 0 Å². The van der Waals surface area contributed by atoms with Gasteiger partial charge >= 0.3 is 0 Å². The number of halogens is 2. The van der Waals surface area contributed by atoms with E-state index in [-0.39, 0.29) is 0 Å². The Bertz CT molecular complexity index is 628. The Hall–Kier alpha value is -1.38. The minimum absolute atomic E-state index is 0.588. The fourth-order valence-corrected chi connectivity index (χ4v) is 3.08. The van der Waals surface area contributed by atoms with Crippen LogP contribution in [0, 0.1) is 0 Å². The highest BCUT2D eigenvalue weighted by molar-refractivity contribution is 6.42. The minimum atomic E-state index is 0.588. The van der Waals surface area contributed by atoms with Gasteiger partial charge in [-0.05, 0) is 42.7 Å². The number of anilines is 2. The molecule has 0 saturated heterocycles. The lowest BCUT2D eigenvalue weighted by Crippen LogP contribution is -2.33. The number of fused-ring (bicyclic) bond motifs is 1. The summed E-state index contributed by atoms with van der Waals surface area (Å²) in [5, 5.41) is 4.58. The zero-order valence-corrected chi connectivity index (χ0v) is 13.3. The number of benzene rings is 2.